The van der Waals surface area contributed by atoms with E-state index >= 15 is 0 Å². The summed E-state index contributed by atoms with van der Waals surface area (Å²) in [5.74, 6) is 1.62. The molecule has 8 heteroatoms. The first-order valence-corrected chi connectivity index (χ1v) is 7.20. The number of hydrogen-bond donors (Lipinski definition) is 2. The van der Waals surface area contributed by atoms with Crippen LogP contribution in [0.3, 0.4) is 0 Å². The lowest BCUT2D eigenvalue weighted by molar-refractivity contribution is 0.0930. The zero-order chi connectivity index (χ0) is 14.4. The number of nitrogens with zero attached hydrogens (tertiary/aromatic N) is 5. The molecule has 8 nitrogen and oxygen atoms in total. The smallest absolute Gasteiger partial charge is 0.224 e. The molecule has 0 unspecified atom stereocenters. The van der Waals surface area contributed by atoms with Crippen LogP contribution in [0.4, 0.5) is 11.8 Å². The Labute approximate surface area is 122 Å². The zero-order valence-corrected chi connectivity index (χ0v) is 12.0. The highest BCUT2D eigenvalue weighted by atomic mass is 16.5. The fourth-order valence-corrected chi connectivity index (χ4v) is 3.30. The summed E-state index contributed by atoms with van der Waals surface area (Å²) in [6.07, 6.45) is 1.77. The minimum Gasteiger partial charge on any atom is -0.379 e. The summed E-state index contributed by atoms with van der Waals surface area (Å²) >= 11 is 0. The van der Waals surface area contributed by atoms with Crippen LogP contribution in [-0.4, -0.2) is 71.0 Å². The van der Waals surface area contributed by atoms with E-state index in [1.807, 2.05) is 0 Å². The topological polar surface area (TPSA) is 96.2 Å². The van der Waals surface area contributed by atoms with Crippen LogP contribution < -0.4 is 10.6 Å². The molecule has 4 rings (SSSR count). The van der Waals surface area contributed by atoms with Gasteiger partial charge in [0, 0.05) is 25.6 Å². The average molecular weight is 289 g/mol. The Morgan fingerprint density at radius 1 is 1.29 bits per heavy atom. The van der Waals surface area contributed by atoms with Crippen LogP contribution in [-0.2, 0) is 4.74 Å². The third-order valence-corrected chi connectivity index (χ3v) is 4.35. The fraction of sp³-hybridized carbons (Fsp3) is 0.615. The highest BCUT2D eigenvalue weighted by Crippen LogP contribution is 2.27. The number of anilines is 2. The van der Waals surface area contributed by atoms with E-state index in [1.165, 1.54) is 0 Å². The predicted molar refractivity (Wildman–Crippen MR) is 79.0 cm³/mol. The van der Waals surface area contributed by atoms with Gasteiger partial charge in [0.05, 0.1) is 30.8 Å². The first kappa shape index (κ1) is 12.8. The SMILES string of the molecule is CN1C[C@H]2COC[C@@H]1CN(c1nc(N)nc3[nH]ncc13)C2. The van der Waals surface area contributed by atoms with Gasteiger partial charge in [-0.1, -0.05) is 0 Å². The lowest BCUT2D eigenvalue weighted by Gasteiger charge is -2.30. The van der Waals surface area contributed by atoms with Crippen LogP contribution in [0.25, 0.3) is 11.0 Å². The van der Waals surface area contributed by atoms with Crippen LogP contribution in [0.2, 0.25) is 0 Å². The Morgan fingerprint density at radius 2 is 2.19 bits per heavy atom. The number of aromatic nitrogens is 4. The van der Waals surface area contributed by atoms with Gasteiger partial charge in [0.15, 0.2) is 5.65 Å². The molecule has 112 valence electrons. The third-order valence-electron chi connectivity index (χ3n) is 4.35. The molecule has 0 saturated carbocycles. The molecule has 2 aromatic heterocycles. The quantitative estimate of drug-likeness (QED) is 0.744. The summed E-state index contributed by atoms with van der Waals surface area (Å²) in [5, 5.41) is 7.86. The fourth-order valence-electron chi connectivity index (χ4n) is 3.30. The van der Waals surface area contributed by atoms with E-state index in [1.54, 1.807) is 6.20 Å². The molecule has 2 bridgehead atoms. The Bertz CT molecular complexity index is 657. The molecule has 0 amide bonds. The highest BCUT2D eigenvalue weighted by molar-refractivity contribution is 5.87. The van der Waals surface area contributed by atoms with E-state index in [-0.39, 0.29) is 5.95 Å². The lowest BCUT2D eigenvalue weighted by atomic mass is 10.1. The molecule has 0 radical (unpaired) electrons. The molecule has 2 aromatic rings. The maximum Gasteiger partial charge on any atom is 0.224 e. The Balaban J connectivity index is 1.76. The van der Waals surface area contributed by atoms with Gasteiger partial charge in [0.2, 0.25) is 5.95 Å². The van der Waals surface area contributed by atoms with E-state index < -0.39 is 0 Å². The minimum absolute atomic E-state index is 0.278. The van der Waals surface area contributed by atoms with Crippen LogP contribution in [0, 0.1) is 5.92 Å². The largest absolute Gasteiger partial charge is 0.379 e. The summed E-state index contributed by atoms with van der Waals surface area (Å²) in [6, 6.07) is 0.371. The van der Waals surface area contributed by atoms with Crippen molar-refractivity contribution in [1.29, 1.82) is 0 Å². The van der Waals surface area contributed by atoms with Gasteiger partial charge in [0.25, 0.3) is 0 Å². The Kier molecular flexibility index (Phi) is 2.93. The number of nitrogen functional groups attached to an aromatic ring is 1. The molecular weight excluding hydrogens is 270 g/mol. The number of hydrogen-bond acceptors (Lipinski definition) is 7. The second kappa shape index (κ2) is 4.81. The van der Waals surface area contributed by atoms with E-state index in [0.717, 1.165) is 44.1 Å². The highest BCUT2D eigenvalue weighted by Gasteiger charge is 2.32. The number of nitrogens with one attached hydrogen (secondary N) is 1. The monoisotopic (exact) mass is 289 g/mol. The average Bonchev–Trinajstić information content (AvgIpc) is 2.74. The number of likely N-dealkylation sites (N-methyl/N-ethyl adjacent to an activating group) is 1. The van der Waals surface area contributed by atoms with Crippen molar-refractivity contribution in [1.82, 2.24) is 25.1 Å². The minimum atomic E-state index is 0.278. The van der Waals surface area contributed by atoms with Crippen LogP contribution in [0.5, 0.6) is 0 Å². The van der Waals surface area contributed by atoms with E-state index in [0.29, 0.717) is 17.6 Å². The van der Waals surface area contributed by atoms with Gasteiger partial charge >= 0.3 is 0 Å². The number of nitrogens with two attached hydrogens (primary N) is 1. The molecule has 2 aliphatic rings. The summed E-state index contributed by atoms with van der Waals surface area (Å²) in [7, 11) is 2.16. The van der Waals surface area contributed by atoms with Gasteiger partial charge in [0.1, 0.15) is 5.82 Å². The summed E-state index contributed by atoms with van der Waals surface area (Å²) in [6.45, 7) is 4.41. The van der Waals surface area contributed by atoms with E-state index in [2.05, 4.69) is 37.0 Å². The van der Waals surface area contributed by atoms with Gasteiger partial charge in [-0.3, -0.25) is 10.00 Å². The molecular formula is C13H19N7O. The van der Waals surface area contributed by atoms with Gasteiger partial charge < -0.3 is 15.4 Å². The first-order valence-electron chi connectivity index (χ1n) is 7.20. The molecule has 0 aliphatic carbocycles. The van der Waals surface area contributed by atoms with Crippen LogP contribution in [0.15, 0.2) is 6.20 Å². The number of aromatic amines is 1. The molecule has 3 N–H and O–H groups in total. The molecule has 2 aliphatic heterocycles. The van der Waals surface area contributed by atoms with Crippen molar-refractivity contribution in [2.75, 3.05) is 50.5 Å². The number of ether oxygens (including phenoxy) is 1. The molecule has 2 atom stereocenters. The van der Waals surface area contributed by atoms with Crippen molar-refractivity contribution in [2.45, 2.75) is 6.04 Å². The van der Waals surface area contributed by atoms with Gasteiger partial charge in [-0.05, 0) is 7.05 Å². The maximum absolute atomic E-state index is 5.84. The van der Waals surface area contributed by atoms with Crippen molar-refractivity contribution in [3.8, 4) is 0 Å². The van der Waals surface area contributed by atoms with Crippen molar-refractivity contribution in [3.05, 3.63) is 6.20 Å². The predicted octanol–water partition coefficient (Wildman–Crippen LogP) is -0.298. The van der Waals surface area contributed by atoms with Gasteiger partial charge in [-0.15, -0.1) is 0 Å². The molecule has 2 fully saturated rings. The standard InChI is InChI=1S/C13H19N7O/c1-19-3-8-4-20(5-9(19)7-21-6-8)12-10-2-15-18-11(10)16-13(14)17-12/h2,8-9H,3-7H2,1H3,(H3,14,15,16,17,18)/t8-,9+/m1/s1. The second-order valence-electron chi connectivity index (χ2n) is 5.94. The lowest BCUT2D eigenvalue weighted by Crippen LogP contribution is -2.42. The molecule has 4 heterocycles. The van der Waals surface area contributed by atoms with Crippen LogP contribution >= 0.6 is 0 Å². The normalized spacial score (nSPS) is 27.0. The van der Waals surface area contributed by atoms with Gasteiger partial charge in [-0.25, -0.2) is 0 Å². The van der Waals surface area contributed by atoms with E-state index in [9.17, 15) is 0 Å². The molecule has 2 saturated heterocycles. The Hall–Kier alpha value is -1.93. The van der Waals surface area contributed by atoms with Crippen molar-refractivity contribution in [2.24, 2.45) is 5.92 Å². The van der Waals surface area contributed by atoms with Crippen molar-refractivity contribution in [3.63, 3.8) is 0 Å². The summed E-state index contributed by atoms with van der Waals surface area (Å²) in [4.78, 5) is 13.3. The zero-order valence-electron chi connectivity index (χ0n) is 12.0. The molecule has 0 aromatic carbocycles. The number of fused-ring (bicyclic) bond motifs is 4. The number of rotatable bonds is 1. The van der Waals surface area contributed by atoms with Crippen molar-refractivity contribution >= 4 is 22.8 Å². The molecule has 21 heavy (non-hydrogen) atoms. The summed E-state index contributed by atoms with van der Waals surface area (Å²) < 4.78 is 5.77. The van der Waals surface area contributed by atoms with Crippen LogP contribution in [0.1, 0.15) is 0 Å². The number of H-pyrrole nitrogens is 1. The third kappa shape index (κ3) is 2.20. The van der Waals surface area contributed by atoms with E-state index in [4.69, 9.17) is 10.5 Å². The van der Waals surface area contributed by atoms with Gasteiger partial charge in [-0.2, -0.15) is 15.1 Å². The Morgan fingerprint density at radius 3 is 3.10 bits per heavy atom. The molecule has 0 spiro atoms. The first-order chi connectivity index (χ1) is 10.2. The van der Waals surface area contributed by atoms with Crippen molar-refractivity contribution < 1.29 is 4.74 Å². The maximum atomic E-state index is 5.84. The second-order valence-corrected chi connectivity index (χ2v) is 5.94. The summed E-state index contributed by atoms with van der Waals surface area (Å²) in [5.41, 5.74) is 6.53.